The molecule has 0 spiro atoms. The molecule has 0 N–H and O–H groups in total. The average molecular weight is 256 g/mol. The van der Waals surface area contributed by atoms with Gasteiger partial charge in [0, 0.05) is 20.1 Å². The van der Waals surface area contributed by atoms with Crippen LogP contribution in [0, 0.1) is 0 Å². The van der Waals surface area contributed by atoms with Gasteiger partial charge in [-0.2, -0.15) is 12.7 Å². The summed E-state index contributed by atoms with van der Waals surface area (Å²) in [5.74, 6) is 0. The highest BCUT2D eigenvalue weighted by Gasteiger charge is 2.30. The van der Waals surface area contributed by atoms with E-state index in [9.17, 15) is 8.42 Å². The number of hydroxylamine groups is 1. The van der Waals surface area contributed by atoms with Crippen LogP contribution in [0.4, 0.5) is 0 Å². The zero-order chi connectivity index (χ0) is 12.5. The minimum Gasteiger partial charge on any atom is -0.287 e. The smallest absolute Gasteiger partial charge is 0.287 e. The summed E-state index contributed by atoms with van der Waals surface area (Å²) in [6.45, 7) is 0.902. The zero-order valence-electron chi connectivity index (χ0n) is 9.96. The Labute approximate surface area is 102 Å². The van der Waals surface area contributed by atoms with E-state index < -0.39 is 10.2 Å². The molecule has 5 nitrogen and oxygen atoms in total. The Morgan fingerprint density at radius 3 is 2.59 bits per heavy atom. The maximum Gasteiger partial charge on any atom is 0.304 e. The van der Waals surface area contributed by atoms with Crippen LogP contribution in [0.3, 0.4) is 0 Å². The molecule has 0 saturated heterocycles. The van der Waals surface area contributed by atoms with E-state index in [1.54, 1.807) is 0 Å². The molecule has 1 aliphatic heterocycles. The third-order valence-corrected chi connectivity index (χ3v) is 4.77. The maximum absolute atomic E-state index is 12.1. The number of benzene rings is 1. The van der Waals surface area contributed by atoms with Gasteiger partial charge < -0.3 is 0 Å². The normalized spacial score (nSPS) is 17.1. The van der Waals surface area contributed by atoms with Crippen LogP contribution in [0.5, 0.6) is 0 Å². The van der Waals surface area contributed by atoms with Gasteiger partial charge >= 0.3 is 10.2 Å². The van der Waals surface area contributed by atoms with Crippen LogP contribution in [0.1, 0.15) is 11.1 Å². The Hall–Kier alpha value is -0.950. The second-order valence-electron chi connectivity index (χ2n) is 3.95. The SMILES string of the molecule is CON(C)S(=O)(=O)N1CCc2ccccc2C1. The van der Waals surface area contributed by atoms with Crippen LogP contribution >= 0.6 is 0 Å². The molecule has 1 aromatic rings. The topological polar surface area (TPSA) is 49.9 Å². The minimum absolute atomic E-state index is 0.409. The highest BCUT2D eigenvalue weighted by atomic mass is 32.2. The molecule has 2 rings (SSSR count). The van der Waals surface area contributed by atoms with E-state index in [1.807, 2.05) is 24.3 Å². The number of hydrogen-bond donors (Lipinski definition) is 0. The molecule has 94 valence electrons. The van der Waals surface area contributed by atoms with E-state index in [0.717, 1.165) is 16.5 Å². The summed E-state index contributed by atoms with van der Waals surface area (Å²) in [6, 6.07) is 7.91. The van der Waals surface area contributed by atoms with E-state index in [-0.39, 0.29) is 0 Å². The van der Waals surface area contributed by atoms with Gasteiger partial charge in [-0.25, -0.2) is 0 Å². The number of rotatable bonds is 3. The van der Waals surface area contributed by atoms with E-state index in [4.69, 9.17) is 4.84 Å². The lowest BCUT2D eigenvalue weighted by Gasteiger charge is -2.30. The minimum atomic E-state index is -3.51. The van der Waals surface area contributed by atoms with Gasteiger partial charge in [-0.3, -0.25) is 4.84 Å². The molecular weight excluding hydrogens is 240 g/mol. The maximum atomic E-state index is 12.1. The summed E-state index contributed by atoms with van der Waals surface area (Å²) in [6.07, 6.45) is 0.743. The van der Waals surface area contributed by atoms with Crippen molar-refractivity contribution in [2.75, 3.05) is 20.7 Å². The van der Waals surface area contributed by atoms with Crippen molar-refractivity contribution in [1.29, 1.82) is 0 Å². The summed E-state index contributed by atoms with van der Waals surface area (Å²) in [5, 5.41) is 0. The molecule has 1 heterocycles. The lowest BCUT2D eigenvalue weighted by molar-refractivity contribution is -0.0321. The van der Waals surface area contributed by atoms with Crippen LogP contribution < -0.4 is 0 Å². The van der Waals surface area contributed by atoms with E-state index in [0.29, 0.717) is 13.1 Å². The monoisotopic (exact) mass is 256 g/mol. The summed E-state index contributed by atoms with van der Waals surface area (Å²) in [5.41, 5.74) is 2.28. The van der Waals surface area contributed by atoms with Gasteiger partial charge in [-0.05, 0) is 17.5 Å². The van der Waals surface area contributed by atoms with Crippen molar-refractivity contribution >= 4 is 10.2 Å². The Morgan fingerprint density at radius 2 is 1.94 bits per heavy atom. The molecule has 0 unspecified atom stereocenters. The van der Waals surface area contributed by atoms with Gasteiger partial charge in [0.15, 0.2) is 0 Å². The second kappa shape index (κ2) is 4.73. The van der Waals surface area contributed by atoms with E-state index in [2.05, 4.69) is 0 Å². The fraction of sp³-hybridized carbons (Fsp3) is 0.455. The van der Waals surface area contributed by atoms with Gasteiger partial charge in [0.25, 0.3) is 0 Å². The van der Waals surface area contributed by atoms with Crippen molar-refractivity contribution in [2.24, 2.45) is 0 Å². The predicted molar refractivity (Wildman–Crippen MR) is 64.2 cm³/mol. The van der Waals surface area contributed by atoms with E-state index >= 15 is 0 Å². The van der Waals surface area contributed by atoms with Gasteiger partial charge in [0.2, 0.25) is 0 Å². The van der Waals surface area contributed by atoms with Gasteiger partial charge in [0.05, 0.1) is 7.11 Å². The quantitative estimate of drug-likeness (QED) is 0.751. The molecule has 0 radical (unpaired) electrons. The molecule has 6 heteroatoms. The molecular formula is C11H16N2O3S. The highest BCUT2D eigenvalue weighted by Crippen LogP contribution is 2.21. The van der Waals surface area contributed by atoms with Crippen LogP contribution in [0.25, 0.3) is 0 Å². The van der Waals surface area contributed by atoms with Crippen molar-refractivity contribution in [1.82, 2.24) is 8.77 Å². The first kappa shape index (κ1) is 12.5. The fourth-order valence-electron chi connectivity index (χ4n) is 1.92. The van der Waals surface area contributed by atoms with Crippen molar-refractivity contribution in [2.45, 2.75) is 13.0 Å². The molecule has 0 atom stereocenters. The molecule has 0 fully saturated rings. The van der Waals surface area contributed by atoms with Crippen molar-refractivity contribution in [3.63, 3.8) is 0 Å². The number of fused-ring (bicyclic) bond motifs is 1. The first-order chi connectivity index (χ1) is 8.05. The first-order valence-electron chi connectivity index (χ1n) is 5.40. The number of hydrogen-bond acceptors (Lipinski definition) is 3. The van der Waals surface area contributed by atoms with Crippen LogP contribution in [0.2, 0.25) is 0 Å². The Bertz CT molecular complexity index is 501. The lowest BCUT2D eigenvalue weighted by atomic mass is 10.0. The molecule has 0 saturated carbocycles. The largest absolute Gasteiger partial charge is 0.304 e. The average Bonchev–Trinajstić information content (AvgIpc) is 2.37. The van der Waals surface area contributed by atoms with Gasteiger partial charge in [0.1, 0.15) is 0 Å². The van der Waals surface area contributed by atoms with Crippen LogP contribution in [0.15, 0.2) is 24.3 Å². The fourth-order valence-corrected chi connectivity index (χ4v) is 3.06. The third-order valence-electron chi connectivity index (χ3n) is 3.00. The molecule has 0 aliphatic carbocycles. The second-order valence-corrected chi connectivity index (χ2v) is 5.88. The van der Waals surface area contributed by atoms with Crippen LogP contribution in [-0.2, 0) is 28.0 Å². The molecule has 0 bridgehead atoms. The molecule has 1 aromatic carbocycles. The lowest BCUT2D eigenvalue weighted by Crippen LogP contribution is -2.43. The van der Waals surface area contributed by atoms with Gasteiger partial charge in [-0.15, -0.1) is 0 Å². The summed E-state index contributed by atoms with van der Waals surface area (Å²) in [4.78, 5) is 4.76. The summed E-state index contributed by atoms with van der Waals surface area (Å²) in [7, 11) is -0.769. The first-order valence-corrected chi connectivity index (χ1v) is 6.80. The number of nitrogens with zero attached hydrogens (tertiary/aromatic N) is 2. The van der Waals surface area contributed by atoms with Gasteiger partial charge in [-0.1, -0.05) is 28.7 Å². The Balaban J connectivity index is 2.24. The summed E-state index contributed by atoms with van der Waals surface area (Å²) >= 11 is 0. The van der Waals surface area contributed by atoms with Crippen molar-refractivity contribution in [3.8, 4) is 0 Å². The standard InChI is InChI=1S/C11H16N2O3S/c1-12(16-2)17(14,15)13-8-7-10-5-3-4-6-11(10)9-13/h3-6H,7-9H2,1-2H3. The molecule has 17 heavy (non-hydrogen) atoms. The third kappa shape index (κ3) is 2.35. The van der Waals surface area contributed by atoms with Crippen molar-refractivity contribution in [3.05, 3.63) is 35.4 Å². The summed E-state index contributed by atoms with van der Waals surface area (Å²) < 4.78 is 26.4. The highest BCUT2D eigenvalue weighted by molar-refractivity contribution is 7.86. The van der Waals surface area contributed by atoms with E-state index in [1.165, 1.54) is 24.0 Å². The Kier molecular flexibility index (Phi) is 3.48. The zero-order valence-corrected chi connectivity index (χ0v) is 10.8. The van der Waals surface area contributed by atoms with Crippen LogP contribution in [-0.4, -0.2) is 37.9 Å². The molecule has 0 aromatic heterocycles. The predicted octanol–water partition coefficient (Wildman–Crippen LogP) is 0.783. The molecule has 1 aliphatic rings. The molecule has 0 amide bonds. The Morgan fingerprint density at radius 1 is 1.29 bits per heavy atom. The van der Waals surface area contributed by atoms with Crippen molar-refractivity contribution < 1.29 is 13.3 Å².